The molecule has 19 heavy (non-hydrogen) atoms. The van der Waals surface area contributed by atoms with Crippen LogP contribution in [0.25, 0.3) is 0 Å². The first-order valence-electron chi connectivity index (χ1n) is 5.98. The Hall–Kier alpha value is -1.79. The molecule has 0 amide bonds. The van der Waals surface area contributed by atoms with Crippen molar-refractivity contribution in [1.29, 1.82) is 5.26 Å². The zero-order valence-electron chi connectivity index (χ0n) is 10.9. The maximum Gasteiger partial charge on any atom is 0.124 e. The van der Waals surface area contributed by atoms with Gasteiger partial charge in [0, 0.05) is 10.6 Å². The second-order valence-electron chi connectivity index (χ2n) is 4.49. The van der Waals surface area contributed by atoms with Crippen molar-refractivity contribution in [2.45, 2.75) is 24.5 Å². The van der Waals surface area contributed by atoms with E-state index in [1.165, 1.54) is 23.3 Å². The number of nitrogens with zero attached hydrogens (tertiary/aromatic N) is 1. The predicted molar refractivity (Wildman–Crippen MR) is 76.6 cm³/mol. The molecule has 0 aliphatic heterocycles. The molecule has 0 unspecified atom stereocenters. The lowest BCUT2D eigenvalue weighted by Crippen LogP contribution is -1.87. The van der Waals surface area contributed by atoms with Crippen LogP contribution in [0.2, 0.25) is 0 Å². The van der Waals surface area contributed by atoms with Crippen LogP contribution in [0.1, 0.15) is 22.3 Å². The zero-order chi connectivity index (χ0) is 13.8. The third-order valence-electron chi connectivity index (χ3n) is 2.97. The van der Waals surface area contributed by atoms with Gasteiger partial charge in [-0.05, 0) is 60.9 Å². The summed E-state index contributed by atoms with van der Waals surface area (Å²) in [7, 11) is 0. The number of hydrogen-bond donors (Lipinski definition) is 0. The number of benzene rings is 2. The molecule has 0 radical (unpaired) electrons. The Kier molecular flexibility index (Phi) is 4.24. The van der Waals surface area contributed by atoms with E-state index >= 15 is 0 Å². The molecule has 1 nitrogen and oxygen atoms in total. The lowest BCUT2D eigenvalue weighted by molar-refractivity contribution is 0.626. The number of hydrogen-bond acceptors (Lipinski definition) is 2. The highest BCUT2D eigenvalue weighted by Crippen LogP contribution is 2.25. The fraction of sp³-hybridized carbons (Fsp3) is 0.188. The van der Waals surface area contributed by atoms with Gasteiger partial charge in [0.15, 0.2) is 0 Å². The van der Waals surface area contributed by atoms with Gasteiger partial charge in [0.1, 0.15) is 5.82 Å². The Balaban J connectivity index is 2.12. The van der Waals surface area contributed by atoms with E-state index in [4.69, 9.17) is 5.26 Å². The van der Waals surface area contributed by atoms with E-state index in [-0.39, 0.29) is 5.82 Å². The van der Waals surface area contributed by atoms with Gasteiger partial charge in [0.2, 0.25) is 0 Å². The van der Waals surface area contributed by atoms with E-state index in [0.29, 0.717) is 11.3 Å². The lowest BCUT2D eigenvalue weighted by Gasteiger charge is -2.06. The van der Waals surface area contributed by atoms with Gasteiger partial charge in [-0.2, -0.15) is 5.26 Å². The molecule has 0 saturated carbocycles. The minimum absolute atomic E-state index is 0.352. The van der Waals surface area contributed by atoms with Crippen LogP contribution in [0.4, 0.5) is 4.39 Å². The van der Waals surface area contributed by atoms with E-state index in [9.17, 15) is 4.39 Å². The summed E-state index contributed by atoms with van der Waals surface area (Å²) in [6.07, 6.45) is 0. The minimum atomic E-state index is -0.352. The Morgan fingerprint density at radius 1 is 1.11 bits per heavy atom. The molecule has 96 valence electrons. The van der Waals surface area contributed by atoms with Crippen molar-refractivity contribution in [3.8, 4) is 6.07 Å². The topological polar surface area (TPSA) is 23.8 Å². The van der Waals surface area contributed by atoms with Crippen LogP contribution < -0.4 is 0 Å². The highest BCUT2D eigenvalue weighted by atomic mass is 32.2. The highest BCUT2D eigenvalue weighted by molar-refractivity contribution is 7.98. The maximum absolute atomic E-state index is 13.3. The van der Waals surface area contributed by atoms with Gasteiger partial charge >= 0.3 is 0 Å². The smallest absolute Gasteiger partial charge is 0.124 e. The maximum atomic E-state index is 13.3. The second-order valence-corrected chi connectivity index (χ2v) is 5.54. The van der Waals surface area contributed by atoms with Crippen LogP contribution in [0, 0.1) is 31.0 Å². The number of rotatable bonds is 3. The van der Waals surface area contributed by atoms with Crippen LogP contribution in [0.15, 0.2) is 41.3 Å². The third kappa shape index (κ3) is 3.59. The van der Waals surface area contributed by atoms with Crippen molar-refractivity contribution in [2.24, 2.45) is 0 Å². The molecule has 2 aromatic rings. The summed E-state index contributed by atoms with van der Waals surface area (Å²) in [5.74, 6) is 0.310. The van der Waals surface area contributed by atoms with Crippen molar-refractivity contribution >= 4 is 11.8 Å². The predicted octanol–water partition coefficient (Wildman–Crippen LogP) is 4.61. The van der Waals surface area contributed by atoms with Gasteiger partial charge in [0.05, 0.1) is 11.6 Å². The fourth-order valence-electron chi connectivity index (χ4n) is 1.77. The summed E-state index contributed by atoms with van der Waals surface area (Å²) in [5, 5.41) is 8.82. The largest absolute Gasteiger partial charge is 0.207 e. The normalized spacial score (nSPS) is 10.2. The van der Waals surface area contributed by atoms with Gasteiger partial charge in [0.25, 0.3) is 0 Å². The van der Waals surface area contributed by atoms with Crippen LogP contribution in [-0.4, -0.2) is 0 Å². The minimum Gasteiger partial charge on any atom is -0.207 e. The van der Waals surface area contributed by atoms with E-state index in [0.717, 1.165) is 10.5 Å². The third-order valence-corrected chi connectivity index (χ3v) is 4.04. The van der Waals surface area contributed by atoms with E-state index < -0.39 is 0 Å². The first-order chi connectivity index (χ1) is 9.08. The Morgan fingerprint density at radius 3 is 2.58 bits per heavy atom. The average molecular weight is 271 g/mol. The lowest BCUT2D eigenvalue weighted by atomic mass is 10.1. The molecule has 0 heterocycles. The standard InChI is InChI=1S/C16H14FNS/c1-11-3-4-16(5-12(11)2)19-10-14-6-13(9-18)7-15(17)8-14/h3-8H,10H2,1-2H3. The fourth-order valence-corrected chi connectivity index (χ4v) is 2.69. The molecule has 0 spiro atoms. The monoisotopic (exact) mass is 271 g/mol. The molecule has 0 atom stereocenters. The first-order valence-corrected chi connectivity index (χ1v) is 6.96. The summed E-state index contributed by atoms with van der Waals surface area (Å²) >= 11 is 1.65. The number of halogens is 1. The molecule has 0 bridgehead atoms. The Morgan fingerprint density at radius 2 is 1.89 bits per heavy atom. The van der Waals surface area contributed by atoms with E-state index in [1.54, 1.807) is 17.8 Å². The average Bonchev–Trinajstić information content (AvgIpc) is 2.39. The quantitative estimate of drug-likeness (QED) is 0.761. The first kappa shape index (κ1) is 13.6. The molecule has 0 aliphatic rings. The van der Waals surface area contributed by atoms with Crippen molar-refractivity contribution in [3.63, 3.8) is 0 Å². The molecule has 0 fully saturated rings. The SMILES string of the molecule is Cc1ccc(SCc2cc(F)cc(C#N)c2)cc1C. The number of aryl methyl sites for hydroxylation is 2. The van der Waals surface area contributed by atoms with Crippen molar-refractivity contribution < 1.29 is 4.39 Å². The Bertz CT molecular complexity index is 644. The molecule has 0 saturated heterocycles. The van der Waals surface area contributed by atoms with Gasteiger partial charge < -0.3 is 0 Å². The Labute approximate surface area is 117 Å². The summed E-state index contributed by atoms with van der Waals surface area (Å²) in [6.45, 7) is 4.16. The van der Waals surface area contributed by atoms with Crippen molar-refractivity contribution in [1.82, 2.24) is 0 Å². The summed E-state index contributed by atoms with van der Waals surface area (Å²) in [5.41, 5.74) is 3.72. The van der Waals surface area contributed by atoms with Gasteiger partial charge in [-0.3, -0.25) is 0 Å². The van der Waals surface area contributed by atoms with Crippen LogP contribution in [-0.2, 0) is 5.75 Å². The van der Waals surface area contributed by atoms with Crippen LogP contribution >= 0.6 is 11.8 Å². The molecular formula is C16H14FNS. The molecule has 0 aromatic heterocycles. The zero-order valence-corrected chi connectivity index (χ0v) is 11.7. The van der Waals surface area contributed by atoms with Crippen LogP contribution in [0.5, 0.6) is 0 Å². The summed E-state index contributed by atoms with van der Waals surface area (Å²) < 4.78 is 13.3. The highest BCUT2D eigenvalue weighted by Gasteiger charge is 2.03. The summed E-state index contributed by atoms with van der Waals surface area (Å²) in [4.78, 5) is 1.16. The molecule has 0 N–H and O–H groups in total. The summed E-state index contributed by atoms with van der Waals surface area (Å²) in [6, 6.07) is 12.7. The van der Waals surface area contributed by atoms with Crippen LogP contribution in [0.3, 0.4) is 0 Å². The van der Waals surface area contributed by atoms with Crippen molar-refractivity contribution in [2.75, 3.05) is 0 Å². The van der Waals surface area contributed by atoms with E-state index in [2.05, 4.69) is 32.0 Å². The van der Waals surface area contributed by atoms with Gasteiger partial charge in [-0.15, -0.1) is 11.8 Å². The van der Waals surface area contributed by atoms with Crippen molar-refractivity contribution in [3.05, 3.63) is 64.5 Å². The number of nitriles is 1. The molecule has 0 aliphatic carbocycles. The number of thioether (sulfide) groups is 1. The second kappa shape index (κ2) is 5.90. The molecule has 3 heteroatoms. The van der Waals surface area contributed by atoms with Gasteiger partial charge in [-0.25, -0.2) is 4.39 Å². The van der Waals surface area contributed by atoms with E-state index in [1.807, 2.05) is 6.07 Å². The molecule has 2 rings (SSSR count). The molecule has 2 aromatic carbocycles. The molecular weight excluding hydrogens is 257 g/mol. The van der Waals surface area contributed by atoms with Gasteiger partial charge in [-0.1, -0.05) is 6.07 Å².